The van der Waals surface area contributed by atoms with Gasteiger partial charge in [-0.2, -0.15) is 0 Å². The zero-order chi connectivity index (χ0) is 12.8. The molecule has 1 aliphatic heterocycles. The van der Waals surface area contributed by atoms with Gasteiger partial charge >= 0.3 is 0 Å². The minimum atomic E-state index is -2.79. The molecule has 2 aromatic rings. The second-order valence-corrected chi connectivity index (χ2v) is 7.41. The van der Waals surface area contributed by atoms with Crippen molar-refractivity contribution in [1.29, 1.82) is 0 Å². The summed E-state index contributed by atoms with van der Waals surface area (Å²) in [5.41, 5.74) is 3.11. The van der Waals surface area contributed by atoms with Crippen LogP contribution in [0.4, 0.5) is 0 Å². The zero-order valence-corrected chi connectivity index (χ0v) is 11.2. The van der Waals surface area contributed by atoms with Gasteiger partial charge in [0, 0.05) is 12.4 Å². The smallest absolute Gasteiger partial charge is 0.150 e. The van der Waals surface area contributed by atoms with Crippen LogP contribution in [0.15, 0.2) is 24.5 Å². The van der Waals surface area contributed by atoms with Crippen molar-refractivity contribution in [3.05, 3.63) is 35.8 Å². The molecule has 0 spiro atoms. The number of aromatic nitrogens is 2. The molecule has 96 valence electrons. The van der Waals surface area contributed by atoms with Crippen molar-refractivity contribution >= 4 is 15.5 Å². The van der Waals surface area contributed by atoms with E-state index < -0.39 is 9.84 Å². The number of fused-ring (bicyclic) bond motifs is 1. The van der Waals surface area contributed by atoms with E-state index in [0.717, 1.165) is 24.2 Å². The SMILES string of the molecule is Cc1ccc2nc(CC3CCS(=O)(=O)C3)cn2c1. The quantitative estimate of drug-likeness (QED) is 0.828. The first-order valence-corrected chi connectivity index (χ1v) is 7.99. The lowest BCUT2D eigenvalue weighted by Gasteiger charge is -2.03. The molecule has 0 aromatic carbocycles. The standard InChI is InChI=1S/C13H16N2O2S/c1-10-2-3-13-14-12(8-15(13)7-10)6-11-4-5-18(16,17)9-11/h2-3,7-8,11H,4-6,9H2,1H3. The molecule has 0 bridgehead atoms. The Bertz CT molecular complexity index is 688. The number of pyridine rings is 1. The third-order valence-corrected chi connectivity index (χ3v) is 5.31. The summed E-state index contributed by atoms with van der Waals surface area (Å²) in [4.78, 5) is 4.53. The highest BCUT2D eigenvalue weighted by Crippen LogP contribution is 2.22. The molecule has 0 amide bonds. The van der Waals surface area contributed by atoms with Crippen molar-refractivity contribution in [2.45, 2.75) is 19.8 Å². The van der Waals surface area contributed by atoms with Gasteiger partial charge in [0.1, 0.15) is 5.65 Å². The number of rotatable bonds is 2. The first-order chi connectivity index (χ1) is 8.52. The average Bonchev–Trinajstić information content (AvgIpc) is 2.81. The molecule has 18 heavy (non-hydrogen) atoms. The summed E-state index contributed by atoms with van der Waals surface area (Å²) in [6.07, 6.45) is 5.58. The van der Waals surface area contributed by atoms with E-state index in [9.17, 15) is 8.42 Å². The number of hydrogen-bond donors (Lipinski definition) is 0. The Morgan fingerprint density at radius 3 is 2.94 bits per heavy atom. The lowest BCUT2D eigenvalue weighted by Crippen LogP contribution is -2.07. The highest BCUT2D eigenvalue weighted by atomic mass is 32.2. The molecule has 4 nitrogen and oxygen atoms in total. The van der Waals surface area contributed by atoms with E-state index in [0.29, 0.717) is 11.5 Å². The summed E-state index contributed by atoms with van der Waals surface area (Å²) in [7, 11) is -2.79. The Morgan fingerprint density at radius 1 is 1.39 bits per heavy atom. The first-order valence-electron chi connectivity index (χ1n) is 6.16. The van der Waals surface area contributed by atoms with Gasteiger partial charge in [-0.3, -0.25) is 0 Å². The molecular formula is C13H16N2O2S. The summed E-state index contributed by atoms with van der Waals surface area (Å²) in [6.45, 7) is 2.04. The molecule has 0 N–H and O–H groups in total. The number of imidazole rings is 1. The topological polar surface area (TPSA) is 51.4 Å². The van der Waals surface area contributed by atoms with Crippen LogP contribution in [0.2, 0.25) is 0 Å². The van der Waals surface area contributed by atoms with Gasteiger partial charge in [-0.15, -0.1) is 0 Å². The summed E-state index contributed by atoms with van der Waals surface area (Å²) in [5.74, 6) is 0.894. The van der Waals surface area contributed by atoms with Crippen LogP contribution < -0.4 is 0 Å². The molecule has 5 heteroatoms. The zero-order valence-electron chi connectivity index (χ0n) is 10.3. The second-order valence-electron chi connectivity index (χ2n) is 5.18. The second kappa shape index (κ2) is 4.09. The van der Waals surface area contributed by atoms with Crippen LogP contribution in [0.5, 0.6) is 0 Å². The molecule has 3 rings (SSSR count). The molecule has 3 heterocycles. The van der Waals surface area contributed by atoms with E-state index in [1.807, 2.05) is 35.9 Å². The predicted octanol–water partition coefficient (Wildman–Crippen LogP) is 1.62. The Balaban J connectivity index is 1.83. The van der Waals surface area contributed by atoms with Gasteiger partial charge in [0.05, 0.1) is 17.2 Å². The van der Waals surface area contributed by atoms with E-state index in [2.05, 4.69) is 4.98 Å². The molecule has 2 aromatic heterocycles. The molecule has 1 aliphatic rings. The van der Waals surface area contributed by atoms with Gasteiger partial charge in [-0.1, -0.05) is 6.07 Å². The minimum absolute atomic E-state index is 0.237. The van der Waals surface area contributed by atoms with Crippen molar-refractivity contribution < 1.29 is 8.42 Å². The van der Waals surface area contributed by atoms with E-state index in [-0.39, 0.29) is 5.92 Å². The van der Waals surface area contributed by atoms with Crippen LogP contribution in [0.25, 0.3) is 5.65 Å². The van der Waals surface area contributed by atoms with E-state index in [1.54, 1.807) is 0 Å². The van der Waals surface area contributed by atoms with Crippen LogP contribution in [0, 0.1) is 12.8 Å². The third-order valence-electron chi connectivity index (χ3n) is 3.47. The normalized spacial score (nSPS) is 22.6. The highest BCUT2D eigenvalue weighted by molar-refractivity contribution is 7.91. The maximum absolute atomic E-state index is 11.4. The monoisotopic (exact) mass is 264 g/mol. The number of sulfone groups is 1. The van der Waals surface area contributed by atoms with Gasteiger partial charge in [-0.05, 0) is 37.3 Å². The maximum Gasteiger partial charge on any atom is 0.150 e. The molecule has 0 radical (unpaired) electrons. The Hall–Kier alpha value is -1.36. The van der Waals surface area contributed by atoms with Gasteiger partial charge < -0.3 is 4.40 Å². The Kier molecular flexibility index (Phi) is 2.66. The third kappa shape index (κ3) is 2.27. The lowest BCUT2D eigenvalue weighted by atomic mass is 10.0. The van der Waals surface area contributed by atoms with Gasteiger partial charge in [0.25, 0.3) is 0 Å². The van der Waals surface area contributed by atoms with Crippen LogP contribution in [-0.4, -0.2) is 29.3 Å². The molecule has 1 fully saturated rings. The first kappa shape index (κ1) is 11.7. The summed E-state index contributed by atoms with van der Waals surface area (Å²) < 4.78 is 24.9. The van der Waals surface area contributed by atoms with Crippen molar-refractivity contribution in [2.24, 2.45) is 5.92 Å². The van der Waals surface area contributed by atoms with Crippen molar-refractivity contribution in [3.63, 3.8) is 0 Å². The van der Waals surface area contributed by atoms with Crippen molar-refractivity contribution in [2.75, 3.05) is 11.5 Å². The number of nitrogens with zero attached hydrogens (tertiary/aromatic N) is 2. The number of aryl methyl sites for hydroxylation is 1. The largest absolute Gasteiger partial charge is 0.307 e. The maximum atomic E-state index is 11.4. The van der Waals surface area contributed by atoms with E-state index in [4.69, 9.17) is 0 Å². The van der Waals surface area contributed by atoms with Gasteiger partial charge in [0.15, 0.2) is 9.84 Å². The highest BCUT2D eigenvalue weighted by Gasteiger charge is 2.28. The van der Waals surface area contributed by atoms with Gasteiger partial charge in [-0.25, -0.2) is 13.4 Å². The summed E-state index contributed by atoms with van der Waals surface area (Å²) in [6, 6.07) is 4.02. The lowest BCUT2D eigenvalue weighted by molar-refractivity contribution is 0.578. The average molecular weight is 264 g/mol. The predicted molar refractivity (Wildman–Crippen MR) is 70.4 cm³/mol. The fourth-order valence-corrected chi connectivity index (χ4v) is 4.44. The minimum Gasteiger partial charge on any atom is -0.307 e. The molecule has 1 atom stereocenters. The fourth-order valence-electron chi connectivity index (χ4n) is 2.58. The summed E-state index contributed by atoms with van der Waals surface area (Å²) >= 11 is 0. The molecule has 1 saturated heterocycles. The molecular weight excluding hydrogens is 248 g/mol. The van der Waals surface area contributed by atoms with Crippen molar-refractivity contribution in [3.8, 4) is 0 Å². The van der Waals surface area contributed by atoms with Crippen LogP contribution in [-0.2, 0) is 16.3 Å². The molecule has 0 aliphatic carbocycles. The van der Waals surface area contributed by atoms with Crippen LogP contribution >= 0.6 is 0 Å². The Labute approximate surface area is 107 Å². The molecule has 0 saturated carbocycles. The van der Waals surface area contributed by atoms with Crippen LogP contribution in [0.3, 0.4) is 0 Å². The summed E-state index contributed by atoms with van der Waals surface area (Å²) in [5, 5.41) is 0. The van der Waals surface area contributed by atoms with E-state index >= 15 is 0 Å². The number of hydrogen-bond acceptors (Lipinski definition) is 3. The van der Waals surface area contributed by atoms with Crippen LogP contribution in [0.1, 0.15) is 17.7 Å². The van der Waals surface area contributed by atoms with E-state index in [1.165, 1.54) is 5.56 Å². The van der Waals surface area contributed by atoms with Crippen molar-refractivity contribution in [1.82, 2.24) is 9.38 Å². The van der Waals surface area contributed by atoms with Gasteiger partial charge in [0.2, 0.25) is 0 Å². The fraction of sp³-hybridized carbons (Fsp3) is 0.462. The Morgan fingerprint density at radius 2 is 2.22 bits per heavy atom. The molecule has 1 unspecified atom stereocenters.